The standard InChI is InChI=1S/C22H23N3S/c26-22(23-14-13-18-8-3-1-4-9-18)25-17-16-24-15-7-12-20(24)21(25)19-10-5-2-6-11-19/h1-12,15,21H,13-14,16-17H2,(H,23,26). The van der Waals surface area contributed by atoms with Crippen molar-refractivity contribution in [2.45, 2.75) is 19.0 Å². The molecule has 3 aromatic rings. The Labute approximate surface area is 160 Å². The van der Waals surface area contributed by atoms with Crippen LogP contribution in [0.25, 0.3) is 0 Å². The normalized spacial score (nSPS) is 16.2. The maximum Gasteiger partial charge on any atom is 0.169 e. The molecule has 0 saturated carbocycles. The number of thiocarbonyl (C=S) groups is 1. The van der Waals surface area contributed by atoms with Crippen LogP contribution in [-0.4, -0.2) is 27.7 Å². The summed E-state index contributed by atoms with van der Waals surface area (Å²) in [6.45, 7) is 2.73. The molecule has 0 aliphatic carbocycles. The van der Waals surface area contributed by atoms with Crippen LogP contribution in [0.15, 0.2) is 79.0 Å². The second-order valence-electron chi connectivity index (χ2n) is 6.60. The van der Waals surface area contributed by atoms with Gasteiger partial charge in [-0.05, 0) is 41.9 Å². The quantitative estimate of drug-likeness (QED) is 0.709. The van der Waals surface area contributed by atoms with E-state index < -0.39 is 0 Å². The van der Waals surface area contributed by atoms with Gasteiger partial charge >= 0.3 is 0 Å². The lowest BCUT2D eigenvalue weighted by Crippen LogP contribution is -2.47. The average molecular weight is 362 g/mol. The maximum absolute atomic E-state index is 5.78. The Hall–Kier alpha value is -2.59. The molecular weight excluding hydrogens is 338 g/mol. The van der Waals surface area contributed by atoms with E-state index in [0.29, 0.717) is 0 Å². The summed E-state index contributed by atoms with van der Waals surface area (Å²) in [4.78, 5) is 2.32. The molecule has 0 fully saturated rings. The van der Waals surface area contributed by atoms with Gasteiger partial charge in [0.1, 0.15) is 0 Å². The van der Waals surface area contributed by atoms with Crippen molar-refractivity contribution in [2.75, 3.05) is 13.1 Å². The van der Waals surface area contributed by atoms with Gasteiger partial charge in [-0.2, -0.15) is 0 Å². The molecule has 2 aromatic carbocycles. The lowest BCUT2D eigenvalue weighted by molar-refractivity contribution is 0.286. The molecule has 1 unspecified atom stereocenters. The Bertz CT molecular complexity index is 857. The molecule has 4 heteroatoms. The summed E-state index contributed by atoms with van der Waals surface area (Å²) in [5.41, 5.74) is 3.91. The van der Waals surface area contributed by atoms with E-state index in [2.05, 4.69) is 93.8 Å². The Morgan fingerprint density at radius 1 is 0.923 bits per heavy atom. The largest absolute Gasteiger partial charge is 0.362 e. The van der Waals surface area contributed by atoms with Crippen molar-refractivity contribution >= 4 is 17.3 Å². The highest BCUT2D eigenvalue weighted by molar-refractivity contribution is 7.80. The highest BCUT2D eigenvalue weighted by Crippen LogP contribution is 2.32. The molecule has 4 rings (SSSR count). The predicted octanol–water partition coefficient (Wildman–Crippen LogP) is 4.01. The van der Waals surface area contributed by atoms with Crippen molar-refractivity contribution in [3.63, 3.8) is 0 Å². The fraction of sp³-hybridized carbons (Fsp3) is 0.227. The lowest BCUT2D eigenvalue weighted by atomic mass is 10.0. The first-order valence-electron chi connectivity index (χ1n) is 9.11. The van der Waals surface area contributed by atoms with Crippen molar-refractivity contribution < 1.29 is 0 Å². The van der Waals surface area contributed by atoms with E-state index in [1.807, 2.05) is 0 Å². The van der Waals surface area contributed by atoms with E-state index in [4.69, 9.17) is 12.2 Å². The van der Waals surface area contributed by atoms with Crippen LogP contribution in [0, 0.1) is 0 Å². The third-order valence-corrected chi connectivity index (χ3v) is 5.33. The molecule has 1 atom stereocenters. The average Bonchev–Trinajstić information content (AvgIpc) is 3.17. The minimum atomic E-state index is 0.164. The van der Waals surface area contributed by atoms with Crippen molar-refractivity contribution in [3.8, 4) is 0 Å². The van der Waals surface area contributed by atoms with Crippen LogP contribution in [0.4, 0.5) is 0 Å². The Morgan fingerprint density at radius 3 is 2.42 bits per heavy atom. The molecule has 26 heavy (non-hydrogen) atoms. The first kappa shape index (κ1) is 16.9. The van der Waals surface area contributed by atoms with Crippen LogP contribution in [0.3, 0.4) is 0 Å². The molecule has 1 N–H and O–H groups in total. The second kappa shape index (κ2) is 7.75. The van der Waals surface area contributed by atoms with Gasteiger partial charge in [0.05, 0.1) is 6.04 Å². The molecule has 0 bridgehead atoms. The summed E-state index contributed by atoms with van der Waals surface area (Å²) >= 11 is 5.78. The van der Waals surface area contributed by atoms with Gasteiger partial charge in [0, 0.05) is 31.5 Å². The van der Waals surface area contributed by atoms with E-state index in [0.717, 1.165) is 31.2 Å². The van der Waals surface area contributed by atoms with Crippen molar-refractivity contribution in [2.24, 2.45) is 0 Å². The summed E-state index contributed by atoms with van der Waals surface area (Å²) < 4.78 is 2.33. The molecule has 3 nitrogen and oxygen atoms in total. The van der Waals surface area contributed by atoms with Gasteiger partial charge in [-0.15, -0.1) is 0 Å². The molecule has 1 aromatic heterocycles. The third-order valence-electron chi connectivity index (χ3n) is 4.95. The molecule has 0 spiro atoms. The first-order valence-corrected chi connectivity index (χ1v) is 9.52. The SMILES string of the molecule is S=C(NCCc1ccccc1)N1CCn2cccc2C1c1ccccc1. The zero-order chi connectivity index (χ0) is 17.8. The van der Waals surface area contributed by atoms with Gasteiger partial charge in [0.15, 0.2) is 5.11 Å². The number of benzene rings is 2. The number of rotatable bonds is 4. The molecule has 2 heterocycles. The number of hydrogen-bond acceptors (Lipinski definition) is 1. The van der Waals surface area contributed by atoms with Gasteiger partial charge in [0.25, 0.3) is 0 Å². The molecule has 0 saturated heterocycles. The summed E-state index contributed by atoms with van der Waals surface area (Å²) in [5.74, 6) is 0. The number of aromatic nitrogens is 1. The highest BCUT2D eigenvalue weighted by atomic mass is 32.1. The van der Waals surface area contributed by atoms with Crippen LogP contribution in [0.1, 0.15) is 22.9 Å². The highest BCUT2D eigenvalue weighted by Gasteiger charge is 2.30. The van der Waals surface area contributed by atoms with E-state index in [1.165, 1.54) is 16.8 Å². The molecule has 0 radical (unpaired) electrons. The van der Waals surface area contributed by atoms with Gasteiger partial charge in [-0.3, -0.25) is 0 Å². The van der Waals surface area contributed by atoms with E-state index >= 15 is 0 Å². The Balaban J connectivity index is 1.50. The molecule has 132 valence electrons. The number of hydrogen-bond donors (Lipinski definition) is 1. The van der Waals surface area contributed by atoms with Gasteiger partial charge in [-0.1, -0.05) is 60.7 Å². The predicted molar refractivity (Wildman–Crippen MR) is 110 cm³/mol. The monoisotopic (exact) mass is 361 g/mol. The Morgan fingerprint density at radius 2 is 1.65 bits per heavy atom. The van der Waals surface area contributed by atoms with Crippen LogP contribution in [0.5, 0.6) is 0 Å². The zero-order valence-corrected chi connectivity index (χ0v) is 15.5. The first-order chi connectivity index (χ1) is 12.8. The van der Waals surface area contributed by atoms with E-state index in [9.17, 15) is 0 Å². The third kappa shape index (κ3) is 3.51. The van der Waals surface area contributed by atoms with Gasteiger partial charge in [0.2, 0.25) is 0 Å². The second-order valence-corrected chi connectivity index (χ2v) is 6.99. The fourth-order valence-electron chi connectivity index (χ4n) is 3.65. The summed E-state index contributed by atoms with van der Waals surface area (Å²) in [6, 6.07) is 25.7. The van der Waals surface area contributed by atoms with Crippen molar-refractivity contribution in [1.29, 1.82) is 0 Å². The minimum Gasteiger partial charge on any atom is -0.362 e. The lowest BCUT2D eigenvalue weighted by Gasteiger charge is -2.39. The fourth-order valence-corrected chi connectivity index (χ4v) is 3.95. The van der Waals surface area contributed by atoms with Crippen LogP contribution in [0.2, 0.25) is 0 Å². The molecule has 0 amide bonds. The smallest absolute Gasteiger partial charge is 0.169 e. The molecular formula is C22H23N3S. The van der Waals surface area contributed by atoms with Gasteiger partial charge < -0.3 is 14.8 Å². The number of nitrogens with one attached hydrogen (secondary N) is 1. The van der Waals surface area contributed by atoms with E-state index in [1.54, 1.807) is 0 Å². The summed E-state index contributed by atoms with van der Waals surface area (Å²) in [6.07, 6.45) is 3.13. The van der Waals surface area contributed by atoms with Crippen LogP contribution in [-0.2, 0) is 13.0 Å². The summed E-state index contributed by atoms with van der Waals surface area (Å²) in [7, 11) is 0. The topological polar surface area (TPSA) is 20.2 Å². The molecule has 1 aliphatic rings. The summed E-state index contributed by atoms with van der Waals surface area (Å²) in [5, 5.41) is 4.31. The Kier molecular flexibility index (Phi) is 5.02. The molecule has 1 aliphatic heterocycles. The number of nitrogens with zero attached hydrogens (tertiary/aromatic N) is 2. The van der Waals surface area contributed by atoms with Crippen molar-refractivity contribution in [1.82, 2.24) is 14.8 Å². The van der Waals surface area contributed by atoms with Crippen molar-refractivity contribution in [3.05, 3.63) is 95.8 Å². The van der Waals surface area contributed by atoms with Gasteiger partial charge in [-0.25, -0.2) is 0 Å². The maximum atomic E-state index is 5.78. The van der Waals surface area contributed by atoms with E-state index in [-0.39, 0.29) is 6.04 Å². The minimum absolute atomic E-state index is 0.164. The van der Waals surface area contributed by atoms with Crippen LogP contribution >= 0.6 is 12.2 Å². The zero-order valence-electron chi connectivity index (χ0n) is 14.7. The number of fused-ring (bicyclic) bond motifs is 1. The van der Waals surface area contributed by atoms with Crippen LogP contribution < -0.4 is 5.32 Å².